The highest BCUT2D eigenvalue weighted by molar-refractivity contribution is 7.66. The van der Waals surface area contributed by atoms with Crippen LogP contribution in [0.4, 0.5) is 11.8 Å². The lowest BCUT2D eigenvalue weighted by Crippen LogP contribution is -2.46. The number of aromatic amines is 1. The first-order valence-electron chi connectivity index (χ1n) is 15.4. The first-order valence-corrected chi connectivity index (χ1v) is 19.9. The normalized spacial score (nSPS) is 29.4. The highest BCUT2D eigenvalue weighted by Gasteiger charge is 2.50. The molecule has 9 N–H and O–H groups in total. The summed E-state index contributed by atoms with van der Waals surface area (Å²) in [7, 11) is -11.2. The predicted molar refractivity (Wildman–Crippen MR) is 176 cm³/mol. The first-order chi connectivity index (χ1) is 25.2. The van der Waals surface area contributed by atoms with E-state index in [2.05, 4.69) is 38.1 Å². The van der Waals surface area contributed by atoms with Gasteiger partial charge in [0.25, 0.3) is 11.5 Å². The third-order valence-corrected chi connectivity index (χ3v) is 12.5. The van der Waals surface area contributed by atoms with E-state index in [1.54, 1.807) is 14.1 Å². The number of anilines is 2. The van der Waals surface area contributed by atoms with Gasteiger partial charge in [0.1, 0.15) is 48.5 Å². The van der Waals surface area contributed by atoms with Gasteiger partial charge < -0.3 is 54.8 Å². The van der Waals surface area contributed by atoms with Crippen LogP contribution in [0.5, 0.6) is 0 Å². The Morgan fingerprint density at radius 3 is 2.20 bits per heavy atom. The maximum Gasteiger partial charge on any atom is 0.490 e. The van der Waals surface area contributed by atoms with Gasteiger partial charge in [0.2, 0.25) is 11.7 Å². The molecular weight excluding hydrogens is 793 g/mol. The van der Waals surface area contributed by atoms with Crippen LogP contribution in [-0.2, 0) is 52.6 Å². The van der Waals surface area contributed by atoms with Gasteiger partial charge in [0.15, 0.2) is 24.0 Å². The number of nitrogens with one attached hydrogen (secondary N) is 1. The maximum absolute atomic E-state index is 12.7. The summed E-state index contributed by atoms with van der Waals surface area (Å²) in [6.45, 7) is -1.99. The molecule has 30 heteroatoms. The Morgan fingerprint density at radius 1 is 0.963 bits per heavy atom. The van der Waals surface area contributed by atoms with Crippen molar-refractivity contribution in [2.45, 2.75) is 49.1 Å². The van der Waals surface area contributed by atoms with Gasteiger partial charge in [0.05, 0.1) is 26.6 Å². The molecule has 54 heavy (non-hydrogen) atoms. The van der Waals surface area contributed by atoms with Crippen molar-refractivity contribution in [1.82, 2.24) is 34.1 Å². The first kappa shape index (κ1) is 40.3. The monoisotopic (exact) mass is 829 g/mol. The molecule has 6 heterocycles. The van der Waals surface area contributed by atoms with E-state index in [0.29, 0.717) is 0 Å². The molecule has 4 aromatic rings. The summed E-state index contributed by atoms with van der Waals surface area (Å²) >= 11 is 0. The van der Waals surface area contributed by atoms with Gasteiger partial charge in [-0.2, -0.15) is 8.62 Å². The number of fused-ring (bicyclic) bond motifs is 2. The number of rotatable bonds is 14. The van der Waals surface area contributed by atoms with Crippen LogP contribution in [0.3, 0.4) is 0 Å². The molecule has 6 unspecified atom stereocenters. The van der Waals surface area contributed by atoms with Crippen molar-refractivity contribution in [2.75, 3.05) is 45.1 Å². The number of H-pyrrole nitrogens is 1. The van der Waals surface area contributed by atoms with Crippen LogP contribution in [0, 0.1) is 0 Å². The second-order valence-electron chi connectivity index (χ2n) is 12.1. The average molecular weight is 830 g/mol. The predicted octanol–water partition coefficient (Wildman–Crippen LogP) is -2.70. The second kappa shape index (κ2) is 15.0. The van der Waals surface area contributed by atoms with Gasteiger partial charge in [-0.25, -0.2) is 33.2 Å². The number of nitrogen functional groups attached to an aromatic ring is 1. The Hall–Kier alpha value is -3.33. The minimum Gasteiger partial charge on any atom is -0.387 e. The number of phosphoric acid groups is 3. The van der Waals surface area contributed by atoms with Crippen molar-refractivity contribution in [3.8, 4) is 0 Å². The zero-order valence-corrected chi connectivity index (χ0v) is 31.1. The number of ether oxygens (including phenoxy) is 3. The summed E-state index contributed by atoms with van der Waals surface area (Å²) in [6.07, 6.45) is -7.82. The number of aliphatic hydroxyl groups is 3. The van der Waals surface area contributed by atoms with E-state index in [4.69, 9.17) is 24.5 Å². The van der Waals surface area contributed by atoms with Gasteiger partial charge >= 0.3 is 29.1 Å². The Morgan fingerprint density at radius 2 is 1.59 bits per heavy atom. The molecular formula is C24H36N10O17P3+. The Balaban J connectivity index is 1.06. The molecule has 298 valence electrons. The lowest BCUT2D eigenvalue weighted by molar-refractivity contribution is -0.745. The molecule has 27 nitrogen and oxygen atoms in total. The van der Waals surface area contributed by atoms with Crippen LogP contribution >= 0.6 is 23.5 Å². The Bertz CT molecular complexity index is 2240. The SMILES string of the molecule is CO[C@H]1C(n2cnc3c(N)ncnc32)OC(COP(=O)(O)OP(=O)(O)OP(=O)(O)OC[C@H]2O[C@@H]([n+]3cn(C)c4c(=O)[nH]c(N(C)C)nc43)C(O)[C@H]2O)[C@H]1O. The van der Waals surface area contributed by atoms with E-state index in [1.165, 1.54) is 45.4 Å². The standard InChI is InChI=1S/C24H35N10O17P3/c1-31(2)24-29-20-13(21(38)30-24)32(3)9-34(20)22-16(37)14(35)10(48-22)5-46-52(39,40)50-54(43,44)51-53(41,42)47-6-11-15(36)17(45-4)23(49-11)33-8-28-12-18(25)26-7-27-19(12)33/h7-11,14-17,22-23,35-37H,5-6H2,1-4H3,(H5-,25,26,27,29,30,38,39,40,41,42,43,44)/p+1/t10-,11?,14+,15-,16?,17-,22-,23?/m1/s1. The van der Waals surface area contributed by atoms with Gasteiger partial charge in [0, 0.05) is 21.2 Å². The van der Waals surface area contributed by atoms with Crippen LogP contribution in [0.1, 0.15) is 12.5 Å². The summed E-state index contributed by atoms with van der Waals surface area (Å²) in [5.74, 6) is 0.217. The zero-order chi connectivity index (χ0) is 39.5. The molecule has 0 aliphatic carbocycles. The largest absolute Gasteiger partial charge is 0.490 e. The molecule has 2 saturated heterocycles. The molecule has 0 saturated carbocycles. The Kier molecular flexibility index (Phi) is 11.2. The second-order valence-corrected chi connectivity index (χ2v) is 16.8. The third-order valence-electron chi connectivity index (χ3n) is 8.26. The fourth-order valence-corrected chi connectivity index (χ4v) is 9.31. The fourth-order valence-electron chi connectivity index (χ4n) is 5.78. The van der Waals surface area contributed by atoms with Crippen molar-refractivity contribution >= 4 is 57.6 Å². The van der Waals surface area contributed by atoms with Gasteiger partial charge in [-0.15, -0.1) is 0 Å². The van der Waals surface area contributed by atoms with Crippen molar-refractivity contribution in [3.05, 3.63) is 29.3 Å². The van der Waals surface area contributed by atoms with E-state index in [0.717, 1.165) is 6.33 Å². The fraction of sp³-hybridized carbons (Fsp3) is 0.583. The number of imidazole rings is 2. The number of nitrogens with zero attached hydrogens (tertiary/aromatic N) is 8. The number of hydrogen-bond donors (Lipinski definition) is 8. The van der Waals surface area contributed by atoms with Crippen molar-refractivity contribution in [2.24, 2.45) is 7.05 Å². The van der Waals surface area contributed by atoms with E-state index >= 15 is 0 Å². The summed E-state index contributed by atoms with van der Waals surface area (Å²) in [6, 6.07) is 0. The van der Waals surface area contributed by atoms with Gasteiger partial charge in [-0.1, -0.05) is 4.98 Å². The van der Waals surface area contributed by atoms with E-state index in [-0.39, 0.29) is 34.1 Å². The summed E-state index contributed by atoms with van der Waals surface area (Å²) in [5, 5.41) is 32.2. The molecule has 0 spiro atoms. The minimum absolute atomic E-state index is 0.0489. The highest BCUT2D eigenvalue weighted by Crippen LogP contribution is 2.67. The number of methoxy groups -OCH3 is 1. The quantitative estimate of drug-likeness (QED) is 0.0473. The highest BCUT2D eigenvalue weighted by atomic mass is 31.3. The number of aromatic nitrogens is 8. The third kappa shape index (κ3) is 7.99. The molecule has 2 fully saturated rings. The molecule has 11 atom stereocenters. The van der Waals surface area contributed by atoms with Crippen LogP contribution in [-0.4, -0.2) is 135 Å². The molecule has 6 rings (SSSR count). The Labute approximate surface area is 302 Å². The number of hydrogen-bond acceptors (Lipinski definition) is 20. The maximum atomic E-state index is 12.7. The van der Waals surface area contributed by atoms with E-state index in [1.807, 2.05) is 0 Å². The summed E-state index contributed by atoms with van der Waals surface area (Å²) in [5.41, 5.74) is 5.84. The summed E-state index contributed by atoms with van der Waals surface area (Å²) < 4.78 is 76.1. The van der Waals surface area contributed by atoms with E-state index in [9.17, 15) is 48.5 Å². The minimum atomic E-state index is -5.95. The average Bonchev–Trinajstić information content (AvgIpc) is 3.81. The molecule has 0 radical (unpaired) electrons. The van der Waals surface area contributed by atoms with E-state index < -0.39 is 91.3 Å². The smallest absolute Gasteiger partial charge is 0.387 e. The van der Waals surface area contributed by atoms with Gasteiger partial charge in [-0.05, 0) is 0 Å². The van der Waals surface area contributed by atoms with Crippen LogP contribution < -0.4 is 20.8 Å². The van der Waals surface area contributed by atoms with Crippen molar-refractivity contribution in [3.63, 3.8) is 0 Å². The number of nitrogens with two attached hydrogens (primary N) is 1. The van der Waals surface area contributed by atoms with Crippen LogP contribution in [0.15, 0.2) is 23.8 Å². The van der Waals surface area contributed by atoms with Gasteiger partial charge in [-0.3, -0.25) is 28.0 Å². The van der Waals surface area contributed by atoms with Crippen molar-refractivity contribution < 1.29 is 80.1 Å². The number of phosphoric ester groups is 2. The lowest BCUT2D eigenvalue weighted by Gasteiger charge is -2.21. The lowest BCUT2D eigenvalue weighted by atomic mass is 10.1. The topological polar surface area (TPSA) is 365 Å². The molecule has 0 aromatic carbocycles. The molecule has 0 bridgehead atoms. The molecule has 2 aliphatic heterocycles. The van der Waals surface area contributed by atoms with Crippen LogP contribution in [0.25, 0.3) is 22.3 Å². The summed E-state index contributed by atoms with van der Waals surface area (Å²) in [4.78, 5) is 63.5. The number of aliphatic hydroxyl groups excluding tert-OH is 3. The zero-order valence-electron chi connectivity index (χ0n) is 28.4. The number of aryl methyl sites for hydroxylation is 1. The molecule has 0 amide bonds. The molecule has 2 aliphatic rings. The van der Waals surface area contributed by atoms with Crippen LogP contribution in [0.2, 0.25) is 0 Å². The van der Waals surface area contributed by atoms with Crippen molar-refractivity contribution in [1.29, 1.82) is 0 Å². The molecule has 4 aromatic heterocycles.